The van der Waals surface area contributed by atoms with Crippen molar-refractivity contribution < 1.29 is 4.39 Å². The normalized spacial score (nSPS) is 10.3. The number of aryl methyl sites for hydroxylation is 1. The second-order valence-electron chi connectivity index (χ2n) is 4.22. The summed E-state index contributed by atoms with van der Waals surface area (Å²) in [4.78, 5) is 0. The lowest BCUT2D eigenvalue weighted by Gasteiger charge is -2.11. The number of nitrogens with two attached hydrogens (primary N) is 1. The molecule has 0 saturated carbocycles. The van der Waals surface area contributed by atoms with Crippen molar-refractivity contribution in [1.29, 1.82) is 0 Å². The van der Waals surface area contributed by atoms with Gasteiger partial charge in [-0.3, -0.25) is 0 Å². The molecule has 0 fully saturated rings. The van der Waals surface area contributed by atoms with Crippen molar-refractivity contribution in [2.24, 2.45) is 0 Å². The Hall–Kier alpha value is -2.03. The number of hydrogen-bond donors (Lipinski definition) is 2. The van der Waals surface area contributed by atoms with Crippen LogP contribution in [0.3, 0.4) is 0 Å². The predicted molar refractivity (Wildman–Crippen MR) is 74.0 cm³/mol. The standard InChI is InChI=1S/C15H17FN2/c1-2-11-5-3-4-6-12(11)10-18-15-8-7-13(17)9-14(15)16/h3-9,18H,2,10,17H2,1H3. The Bertz CT molecular complexity index is 538. The zero-order valence-corrected chi connectivity index (χ0v) is 10.4. The molecule has 0 aliphatic rings. The van der Waals surface area contributed by atoms with Gasteiger partial charge in [-0.25, -0.2) is 4.39 Å². The van der Waals surface area contributed by atoms with Crippen LogP contribution >= 0.6 is 0 Å². The summed E-state index contributed by atoms with van der Waals surface area (Å²) in [7, 11) is 0. The molecule has 2 rings (SSSR count). The van der Waals surface area contributed by atoms with Crippen LogP contribution < -0.4 is 11.1 Å². The fourth-order valence-corrected chi connectivity index (χ4v) is 1.94. The highest BCUT2D eigenvalue weighted by Crippen LogP contribution is 2.18. The Morgan fingerprint density at radius 1 is 1.11 bits per heavy atom. The summed E-state index contributed by atoms with van der Waals surface area (Å²) >= 11 is 0. The third-order valence-corrected chi connectivity index (χ3v) is 2.96. The van der Waals surface area contributed by atoms with Crippen molar-refractivity contribution >= 4 is 11.4 Å². The van der Waals surface area contributed by atoms with Crippen LogP contribution in [0.1, 0.15) is 18.1 Å². The fourth-order valence-electron chi connectivity index (χ4n) is 1.94. The first-order valence-electron chi connectivity index (χ1n) is 6.06. The minimum Gasteiger partial charge on any atom is -0.399 e. The van der Waals surface area contributed by atoms with Gasteiger partial charge in [0.15, 0.2) is 0 Å². The van der Waals surface area contributed by atoms with Gasteiger partial charge in [0.05, 0.1) is 5.69 Å². The highest BCUT2D eigenvalue weighted by molar-refractivity contribution is 5.53. The lowest BCUT2D eigenvalue weighted by Crippen LogP contribution is -2.04. The van der Waals surface area contributed by atoms with Crippen molar-refractivity contribution in [3.05, 3.63) is 59.4 Å². The van der Waals surface area contributed by atoms with E-state index in [0.717, 1.165) is 6.42 Å². The van der Waals surface area contributed by atoms with E-state index in [1.807, 2.05) is 12.1 Å². The summed E-state index contributed by atoms with van der Waals surface area (Å²) in [5.74, 6) is -0.316. The Kier molecular flexibility index (Phi) is 3.82. The molecule has 18 heavy (non-hydrogen) atoms. The molecule has 0 aliphatic carbocycles. The summed E-state index contributed by atoms with van der Waals surface area (Å²) in [6.07, 6.45) is 0.974. The van der Waals surface area contributed by atoms with E-state index in [0.29, 0.717) is 17.9 Å². The molecular weight excluding hydrogens is 227 g/mol. The van der Waals surface area contributed by atoms with Gasteiger partial charge in [0.25, 0.3) is 0 Å². The van der Waals surface area contributed by atoms with Gasteiger partial charge in [-0.1, -0.05) is 31.2 Å². The molecule has 0 saturated heterocycles. The summed E-state index contributed by atoms with van der Waals surface area (Å²) in [6.45, 7) is 2.73. The Morgan fingerprint density at radius 3 is 2.50 bits per heavy atom. The minimum absolute atomic E-state index is 0.316. The molecule has 0 heterocycles. The molecule has 0 radical (unpaired) electrons. The van der Waals surface area contributed by atoms with Crippen LogP contribution in [-0.2, 0) is 13.0 Å². The Labute approximate surface area is 107 Å². The van der Waals surface area contributed by atoms with Gasteiger partial charge in [0.2, 0.25) is 0 Å². The zero-order chi connectivity index (χ0) is 13.0. The third kappa shape index (κ3) is 2.80. The number of benzene rings is 2. The molecule has 0 aromatic heterocycles. The summed E-state index contributed by atoms with van der Waals surface area (Å²) < 4.78 is 13.6. The molecule has 0 unspecified atom stereocenters. The number of rotatable bonds is 4. The lowest BCUT2D eigenvalue weighted by molar-refractivity contribution is 0.630. The van der Waals surface area contributed by atoms with Crippen LogP contribution in [0.4, 0.5) is 15.8 Å². The Balaban J connectivity index is 2.11. The average molecular weight is 244 g/mol. The first-order valence-corrected chi connectivity index (χ1v) is 6.06. The van der Waals surface area contributed by atoms with E-state index in [1.165, 1.54) is 17.2 Å². The first-order chi connectivity index (χ1) is 8.70. The summed E-state index contributed by atoms with van der Waals surface area (Å²) in [6, 6.07) is 12.9. The molecule has 0 atom stereocenters. The van der Waals surface area contributed by atoms with Crippen LogP contribution in [0.2, 0.25) is 0 Å². The van der Waals surface area contributed by atoms with E-state index in [-0.39, 0.29) is 5.82 Å². The molecule has 2 aromatic rings. The topological polar surface area (TPSA) is 38.0 Å². The minimum atomic E-state index is -0.316. The summed E-state index contributed by atoms with van der Waals surface area (Å²) in [5.41, 5.74) is 8.90. The smallest absolute Gasteiger partial charge is 0.148 e. The molecule has 2 nitrogen and oxygen atoms in total. The van der Waals surface area contributed by atoms with Gasteiger partial charge in [0, 0.05) is 12.2 Å². The van der Waals surface area contributed by atoms with Crippen LogP contribution in [0.25, 0.3) is 0 Å². The molecule has 94 valence electrons. The Morgan fingerprint density at radius 2 is 1.83 bits per heavy atom. The van der Waals surface area contributed by atoms with Gasteiger partial charge in [-0.15, -0.1) is 0 Å². The molecule has 3 N–H and O–H groups in total. The lowest BCUT2D eigenvalue weighted by atomic mass is 10.1. The molecule has 0 aliphatic heterocycles. The molecular formula is C15H17FN2. The number of nitrogen functional groups attached to an aromatic ring is 1. The molecule has 2 aromatic carbocycles. The molecule has 0 spiro atoms. The maximum Gasteiger partial charge on any atom is 0.148 e. The average Bonchev–Trinajstić information content (AvgIpc) is 2.38. The second kappa shape index (κ2) is 5.54. The largest absolute Gasteiger partial charge is 0.399 e. The van der Waals surface area contributed by atoms with Gasteiger partial charge in [-0.05, 0) is 35.7 Å². The number of nitrogens with one attached hydrogen (secondary N) is 1. The summed E-state index contributed by atoms with van der Waals surface area (Å²) in [5, 5.41) is 3.10. The van der Waals surface area contributed by atoms with Crippen LogP contribution in [0, 0.1) is 5.82 Å². The van der Waals surface area contributed by atoms with E-state index in [2.05, 4.69) is 24.4 Å². The second-order valence-corrected chi connectivity index (χ2v) is 4.22. The quantitative estimate of drug-likeness (QED) is 0.807. The fraction of sp³-hybridized carbons (Fsp3) is 0.200. The van der Waals surface area contributed by atoms with Crippen molar-refractivity contribution in [2.75, 3.05) is 11.1 Å². The van der Waals surface area contributed by atoms with Crippen molar-refractivity contribution in [2.45, 2.75) is 19.9 Å². The molecule has 0 bridgehead atoms. The van der Waals surface area contributed by atoms with Gasteiger partial charge in [-0.2, -0.15) is 0 Å². The van der Waals surface area contributed by atoms with Gasteiger partial charge < -0.3 is 11.1 Å². The monoisotopic (exact) mass is 244 g/mol. The third-order valence-electron chi connectivity index (χ3n) is 2.96. The number of anilines is 2. The highest BCUT2D eigenvalue weighted by atomic mass is 19.1. The van der Waals surface area contributed by atoms with E-state index in [9.17, 15) is 4.39 Å². The maximum absolute atomic E-state index is 13.6. The van der Waals surface area contributed by atoms with E-state index >= 15 is 0 Å². The van der Waals surface area contributed by atoms with Crippen LogP contribution in [0.15, 0.2) is 42.5 Å². The van der Waals surface area contributed by atoms with E-state index in [1.54, 1.807) is 12.1 Å². The van der Waals surface area contributed by atoms with Gasteiger partial charge >= 0.3 is 0 Å². The molecule has 0 amide bonds. The molecule has 3 heteroatoms. The number of hydrogen-bond acceptors (Lipinski definition) is 2. The first kappa shape index (κ1) is 12.4. The predicted octanol–water partition coefficient (Wildman–Crippen LogP) is 3.58. The van der Waals surface area contributed by atoms with Gasteiger partial charge in [0.1, 0.15) is 5.82 Å². The van der Waals surface area contributed by atoms with Crippen LogP contribution in [0.5, 0.6) is 0 Å². The SMILES string of the molecule is CCc1ccccc1CNc1ccc(N)cc1F. The zero-order valence-electron chi connectivity index (χ0n) is 10.4. The number of halogens is 1. The maximum atomic E-state index is 13.6. The van der Waals surface area contributed by atoms with E-state index in [4.69, 9.17) is 5.73 Å². The van der Waals surface area contributed by atoms with Crippen LogP contribution in [-0.4, -0.2) is 0 Å². The van der Waals surface area contributed by atoms with Crippen molar-refractivity contribution in [3.8, 4) is 0 Å². The van der Waals surface area contributed by atoms with Crippen molar-refractivity contribution in [1.82, 2.24) is 0 Å². The van der Waals surface area contributed by atoms with Crippen molar-refractivity contribution in [3.63, 3.8) is 0 Å². The highest BCUT2D eigenvalue weighted by Gasteiger charge is 2.03. The van der Waals surface area contributed by atoms with E-state index < -0.39 is 0 Å².